The molecule has 0 bridgehead atoms. The first kappa shape index (κ1) is 20.1. The predicted molar refractivity (Wildman–Crippen MR) is 91.5 cm³/mol. The number of halogens is 5. The summed E-state index contributed by atoms with van der Waals surface area (Å²) in [4.78, 5) is 23.9. The molecule has 0 aliphatic rings. The van der Waals surface area contributed by atoms with Gasteiger partial charge in [0.05, 0.1) is 16.3 Å². The zero-order valence-corrected chi connectivity index (χ0v) is 14.9. The molecule has 0 heterocycles. The van der Waals surface area contributed by atoms with E-state index in [9.17, 15) is 22.8 Å². The zero-order chi connectivity index (χ0) is 19.4. The number of carbonyl (C=O) groups excluding carboxylic acids is 2. The maximum absolute atomic E-state index is 13.6. The van der Waals surface area contributed by atoms with Crippen molar-refractivity contribution in [2.45, 2.75) is 13.3 Å². The van der Waals surface area contributed by atoms with Gasteiger partial charge in [0.15, 0.2) is 29.8 Å². The third kappa shape index (κ3) is 4.47. The lowest BCUT2D eigenvalue weighted by Crippen LogP contribution is -2.22. The van der Waals surface area contributed by atoms with Crippen molar-refractivity contribution in [2.24, 2.45) is 0 Å². The molecular formula is C17H12Cl2F3NO3. The number of benzene rings is 2. The number of Topliss-reactive ketones (excluding diaryl/α,β-unsaturated/α-hetero) is 1. The quantitative estimate of drug-likeness (QED) is 0.542. The average molecular weight is 406 g/mol. The van der Waals surface area contributed by atoms with Crippen molar-refractivity contribution in [3.63, 3.8) is 0 Å². The lowest BCUT2D eigenvalue weighted by molar-refractivity contribution is -0.118. The smallest absolute Gasteiger partial charge is 0.262 e. The highest BCUT2D eigenvalue weighted by Crippen LogP contribution is 2.33. The van der Waals surface area contributed by atoms with Crippen LogP contribution in [0.5, 0.6) is 5.75 Å². The molecule has 0 unspecified atom stereocenters. The number of carbonyl (C=O) groups is 2. The van der Waals surface area contributed by atoms with Gasteiger partial charge in [0.2, 0.25) is 0 Å². The SMILES string of the molecule is CCC(=O)c1cc(Cl)cc(Cl)c1OCC(=O)Nc1ccc(F)c(F)c1F. The Hall–Kier alpha value is -2.25. The fourth-order valence-corrected chi connectivity index (χ4v) is 2.60. The summed E-state index contributed by atoms with van der Waals surface area (Å²) in [6.45, 7) is 0.975. The molecule has 0 fully saturated rings. The highest BCUT2D eigenvalue weighted by atomic mass is 35.5. The second kappa shape index (κ2) is 8.42. The van der Waals surface area contributed by atoms with Gasteiger partial charge in [-0.2, -0.15) is 0 Å². The minimum atomic E-state index is -1.71. The molecule has 2 aromatic carbocycles. The summed E-state index contributed by atoms with van der Waals surface area (Å²) in [6, 6.07) is 4.22. The fourth-order valence-electron chi connectivity index (χ4n) is 2.05. The van der Waals surface area contributed by atoms with E-state index >= 15 is 0 Å². The summed E-state index contributed by atoms with van der Waals surface area (Å²) in [5, 5.41) is 2.27. The van der Waals surface area contributed by atoms with Gasteiger partial charge in [0.25, 0.3) is 5.91 Å². The number of rotatable bonds is 6. The van der Waals surface area contributed by atoms with Crippen molar-refractivity contribution in [2.75, 3.05) is 11.9 Å². The average Bonchev–Trinajstić information content (AvgIpc) is 2.60. The zero-order valence-electron chi connectivity index (χ0n) is 13.3. The van der Waals surface area contributed by atoms with Crippen molar-refractivity contribution in [3.05, 3.63) is 57.3 Å². The first-order valence-corrected chi connectivity index (χ1v) is 8.08. The van der Waals surface area contributed by atoms with Crippen LogP contribution in [0, 0.1) is 17.5 Å². The summed E-state index contributed by atoms with van der Waals surface area (Å²) in [6.07, 6.45) is 0.152. The molecule has 0 saturated heterocycles. The summed E-state index contributed by atoms with van der Waals surface area (Å²) in [5.41, 5.74) is -0.457. The van der Waals surface area contributed by atoms with E-state index in [-0.39, 0.29) is 33.6 Å². The Bertz CT molecular complexity index is 875. The second-order valence-electron chi connectivity index (χ2n) is 5.10. The van der Waals surface area contributed by atoms with Crippen molar-refractivity contribution < 1.29 is 27.5 Å². The number of nitrogens with one attached hydrogen (secondary N) is 1. The van der Waals surface area contributed by atoms with Crippen molar-refractivity contribution in [1.29, 1.82) is 0 Å². The van der Waals surface area contributed by atoms with Crippen LogP contribution in [0.1, 0.15) is 23.7 Å². The highest BCUT2D eigenvalue weighted by Gasteiger charge is 2.19. The van der Waals surface area contributed by atoms with Gasteiger partial charge in [0, 0.05) is 11.4 Å². The Balaban J connectivity index is 2.15. The van der Waals surface area contributed by atoms with E-state index in [1.54, 1.807) is 6.92 Å². The number of hydrogen-bond donors (Lipinski definition) is 1. The Morgan fingerprint density at radius 3 is 2.46 bits per heavy atom. The topological polar surface area (TPSA) is 55.4 Å². The van der Waals surface area contributed by atoms with Gasteiger partial charge < -0.3 is 10.1 Å². The third-order valence-electron chi connectivity index (χ3n) is 3.29. The van der Waals surface area contributed by atoms with Crippen molar-refractivity contribution >= 4 is 40.6 Å². The van der Waals surface area contributed by atoms with Crippen LogP contribution in [0.25, 0.3) is 0 Å². The van der Waals surface area contributed by atoms with Crippen LogP contribution in [0.15, 0.2) is 24.3 Å². The molecule has 0 saturated carbocycles. The first-order chi connectivity index (χ1) is 12.2. The molecule has 4 nitrogen and oxygen atoms in total. The van der Waals surface area contributed by atoms with Crippen LogP contribution >= 0.6 is 23.2 Å². The van der Waals surface area contributed by atoms with Gasteiger partial charge in [-0.1, -0.05) is 30.1 Å². The lowest BCUT2D eigenvalue weighted by Gasteiger charge is -2.13. The maximum atomic E-state index is 13.6. The second-order valence-corrected chi connectivity index (χ2v) is 5.94. The van der Waals surface area contributed by atoms with Gasteiger partial charge in [0.1, 0.15) is 5.75 Å². The monoisotopic (exact) mass is 405 g/mol. The first-order valence-electron chi connectivity index (χ1n) is 7.33. The molecule has 138 valence electrons. The standard InChI is InChI=1S/C17H12Cl2F3NO3/c1-2-13(24)9-5-8(18)6-10(19)17(9)26-7-14(25)23-12-4-3-11(20)15(21)16(12)22/h3-6H,2,7H2,1H3,(H,23,25). The fraction of sp³-hybridized carbons (Fsp3) is 0.176. The Kier molecular flexibility index (Phi) is 6.50. The van der Waals surface area contributed by atoms with Gasteiger partial charge in [-0.15, -0.1) is 0 Å². The normalized spacial score (nSPS) is 10.5. The molecule has 9 heteroatoms. The molecule has 1 N–H and O–H groups in total. The van der Waals surface area contributed by atoms with E-state index in [1.165, 1.54) is 12.1 Å². The van der Waals surface area contributed by atoms with Crippen LogP contribution in [-0.2, 0) is 4.79 Å². The van der Waals surface area contributed by atoms with Crippen molar-refractivity contribution in [3.8, 4) is 5.75 Å². The maximum Gasteiger partial charge on any atom is 0.262 e. The van der Waals surface area contributed by atoms with Gasteiger partial charge >= 0.3 is 0 Å². The van der Waals surface area contributed by atoms with Crippen LogP contribution in [-0.4, -0.2) is 18.3 Å². The van der Waals surface area contributed by atoms with Crippen molar-refractivity contribution in [1.82, 2.24) is 0 Å². The Labute approximate surface area is 156 Å². The van der Waals surface area contributed by atoms with Crippen LogP contribution < -0.4 is 10.1 Å². The molecule has 0 radical (unpaired) electrons. The molecule has 2 rings (SSSR count). The molecule has 0 aromatic heterocycles. The molecule has 0 aliphatic carbocycles. The minimum absolute atomic E-state index is 0.0149. The Morgan fingerprint density at radius 1 is 1.12 bits per heavy atom. The molecule has 1 amide bonds. The van der Waals surface area contributed by atoms with E-state index in [0.29, 0.717) is 6.07 Å². The number of ketones is 1. The summed E-state index contributed by atoms with van der Waals surface area (Å²) in [5.74, 6) is -5.85. The van der Waals surface area contributed by atoms with Gasteiger partial charge in [-0.05, 0) is 24.3 Å². The van der Waals surface area contributed by atoms with E-state index in [2.05, 4.69) is 0 Å². The van der Waals surface area contributed by atoms with Crippen LogP contribution in [0.2, 0.25) is 10.0 Å². The summed E-state index contributed by atoms with van der Waals surface area (Å²) >= 11 is 11.9. The number of anilines is 1. The summed E-state index contributed by atoms with van der Waals surface area (Å²) in [7, 11) is 0. The molecule has 0 aliphatic heterocycles. The van der Waals surface area contributed by atoms with Gasteiger partial charge in [-0.3, -0.25) is 9.59 Å². The predicted octanol–water partition coefficient (Wildman–Crippen LogP) is 5.02. The molecule has 0 atom stereocenters. The number of amides is 1. The van der Waals surface area contributed by atoms with E-state index in [0.717, 1.165) is 6.07 Å². The summed E-state index contributed by atoms with van der Waals surface area (Å²) < 4.78 is 44.9. The molecule has 26 heavy (non-hydrogen) atoms. The number of hydrogen-bond acceptors (Lipinski definition) is 3. The lowest BCUT2D eigenvalue weighted by atomic mass is 10.1. The Morgan fingerprint density at radius 2 is 1.81 bits per heavy atom. The molecular weight excluding hydrogens is 394 g/mol. The number of ether oxygens (including phenoxy) is 1. The highest BCUT2D eigenvalue weighted by molar-refractivity contribution is 6.36. The van der Waals surface area contributed by atoms with E-state index in [4.69, 9.17) is 27.9 Å². The minimum Gasteiger partial charge on any atom is -0.481 e. The van der Waals surface area contributed by atoms with Gasteiger partial charge in [-0.25, -0.2) is 13.2 Å². The molecule has 0 spiro atoms. The van der Waals surface area contributed by atoms with Crippen LogP contribution in [0.3, 0.4) is 0 Å². The van der Waals surface area contributed by atoms with Crippen LogP contribution in [0.4, 0.5) is 18.9 Å². The largest absolute Gasteiger partial charge is 0.481 e. The molecule has 2 aromatic rings. The van der Waals surface area contributed by atoms with E-state index < -0.39 is 35.7 Å². The third-order valence-corrected chi connectivity index (χ3v) is 3.79. The van der Waals surface area contributed by atoms with E-state index in [1.807, 2.05) is 5.32 Å².